The number of nitrogens with zero attached hydrogens (tertiary/aromatic N) is 2. The fraction of sp³-hybridized carbons (Fsp3) is 0.350. The molecular formula is C20H24N3O+. The average molecular weight is 322 g/mol. The van der Waals surface area contributed by atoms with Gasteiger partial charge in [0.05, 0.1) is 26.2 Å². The number of quaternary nitrogens is 1. The summed E-state index contributed by atoms with van der Waals surface area (Å²) in [5.41, 5.74) is 6.01. The number of anilines is 1. The minimum Gasteiger partial charge on any atom is -0.435 e. The molecule has 124 valence electrons. The molecule has 0 unspecified atom stereocenters. The zero-order chi connectivity index (χ0) is 16.5. The van der Waals surface area contributed by atoms with Crippen LogP contribution in [-0.4, -0.2) is 31.2 Å². The van der Waals surface area contributed by atoms with Crippen LogP contribution in [0.5, 0.6) is 0 Å². The predicted molar refractivity (Wildman–Crippen MR) is 96.5 cm³/mol. The fourth-order valence-corrected chi connectivity index (χ4v) is 3.53. The highest BCUT2D eigenvalue weighted by molar-refractivity contribution is 5.72. The molecule has 0 spiro atoms. The maximum atomic E-state index is 5.87. The Labute approximate surface area is 142 Å². The Kier molecular flexibility index (Phi) is 3.98. The van der Waals surface area contributed by atoms with Crippen molar-refractivity contribution in [2.75, 3.05) is 31.1 Å². The van der Waals surface area contributed by atoms with Gasteiger partial charge in [0.2, 0.25) is 0 Å². The number of aromatic nitrogens is 1. The molecule has 1 saturated heterocycles. The number of fused-ring (bicyclic) bond motifs is 1. The maximum absolute atomic E-state index is 5.87. The molecule has 0 bridgehead atoms. The van der Waals surface area contributed by atoms with Gasteiger partial charge in [-0.15, -0.1) is 0 Å². The first-order chi connectivity index (χ1) is 11.7. The van der Waals surface area contributed by atoms with Gasteiger partial charge in [-0.2, -0.15) is 0 Å². The van der Waals surface area contributed by atoms with Gasteiger partial charge in [0, 0.05) is 5.69 Å². The van der Waals surface area contributed by atoms with Crippen LogP contribution in [0.3, 0.4) is 0 Å². The molecule has 4 heteroatoms. The van der Waals surface area contributed by atoms with Gasteiger partial charge < -0.3 is 14.2 Å². The largest absolute Gasteiger partial charge is 0.435 e. The van der Waals surface area contributed by atoms with Gasteiger partial charge in [0.25, 0.3) is 5.89 Å². The zero-order valence-electron chi connectivity index (χ0n) is 14.4. The Morgan fingerprint density at radius 3 is 2.62 bits per heavy atom. The first-order valence-corrected chi connectivity index (χ1v) is 8.70. The van der Waals surface area contributed by atoms with Crippen molar-refractivity contribution < 1.29 is 9.32 Å². The summed E-state index contributed by atoms with van der Waals surface area (Å²) in [7, 11) is 0. The van der Waals surface area contributed by atoms with Crippen molar-refractivity contribution in [2.24, 2.45) is 0 Å². The molecule has 1 N–H and O–H groups in total. The van der Waals surface area contributed by atoms with Crippen molar-refractivity contribution in [1.82, 2.24) is 4.98 Å². The molecule has 0 radical (unpaired) electrons. The van der Waals surface area contributed by atoms with E-state index >= 15 is 0 Å². The van der Waals surface area contributed by atoms with E-state index in [2.05, 4.69) is 41.9 Å². The number of para-hydroxylation sites is 2. The molecule has 3 aromatic rings. The van der Waals surface area contributed by atoms with Crippen LogP contribution in [0, 0.1) is 13.8 Å². The third-order valence-corrected chi connectivity index (χ3v) is 5.13. The van der Waals surface area contributed by atoms with E-state index in [1.807, 2.05) is 24.3 Å². The van der Waals surface area contributed by atoms with Gasteiger partial charge in [-0.05, 0) is 43.2 Å². The molecule has 2 aromatic carbocycles. The van der Waals surface area contributed by atoms with E-state index in [0.29, 0.717) is 0 Å². The maximum Gasteiger partial charge on any atom is 0.251 e. The molecule has 0 amide bonds. The molecule has 1 aliphatic rings. The molecular weight excluding hydrogens is 298 g/mol. The van der Waals surface area contributed by atoms with Crippen LogP contribution in [0.25, 0.3) is 11.1 Å². The SMILES string of the molecule is Cc1cccc(N2CC[NH+](Cc3nc4ccccc4o3)CC2)c1C. The summed E-state index contributed by atoms with van der Waals surface area (Å²) >= 11 is 0. The average Bonchev–Trinajstić information content (AvgIpc) is 3.00. The number of rotatable bonds is 3. The van der Waals surface area contributed by atoms with Gasteiger partial charge in [-0.3, -0.25) is 0 Å². The molecule has 4 rings (SSSR count). The Hall–Kier alpha value is -2.33. The number of piperazine rings is 1. The Bertz CT molecular complexity index is 814. The summed E-state index contributed by atoms with van der Waals surface area (Å²) in [4.78, 5) is 8.66. The number of nitrogens with one attached hydrogen (secondary N) is 1. The first kappa shape index (κ1) is 15.2. The van der Waals surface area contributed by atoms with Gasteiger partial charge >= 0.3 is 0 Å². The van der Waals surface area contributed by atoms with Gasteiger partial charge in [-0.25, -0.2) is 4.98 Å². The quantitative estimate of drug-likeness (QED) is 0.804. The summed E-state index contributed by atoms with van der Waals surface area (Å²) in [5, 5.41) is 0. The second kappa shape index (κ2) is 6.29. The fourth-order valence-electron chi connectivity index (χ4n) is 3.53. The summed E-state index contributed by atoms with van der Waals surface area (Å²) in [6, 6.07) is 14.6. The molecule has 4 nitrogen and oxygen atoms in total. The van der Waals surface area contributed by atoms with Crippen LogP contribution in [0.1, 0.15) is 17.0 Å². The minimum absolute atomic E-state index is 0.853. The number of oxazole rings is 1. The van der Waals surface area contributed by atoms with Crippen molar-refractivity contribution in [1.29, 1.82) is 0 Å². The normalized spacial score (nSPS) is 16.0. The van der Waals surface area contributed by atoms with Crippen molar-refractivity contribution in [3.63, 3.8) is 0 Å². The van der Waals surface area contributed by atoms with Crippen LogP contribution in [0.2, 0.25) is 0 Å². The van der Waals surface area contributed by atoms with E-state index < -0.39 is 0 Å². The molecule has 1 fully saturated rings. The van der Waals surface area contributed by atoms with E-state index in [1.54, 1.807) is 4.90 Å². The Morgan fingerprint density at radius 1 is 1.04 bits per heavy atom. The molecule has 1 aromatic heterocycles. The van der Waals surface area contributed by atoms with Crippen LogP contribution in [0.4, 0.5) is 5.69 Å². The summed E-state index contributed by atoms with van der Waals surface area (Å²) in [6.45, 7) is 9.68. The van der Waals surface area contributed by atoms with Crippen LogP contribution < -0.4 is 9.80 Å². The molecule has 0 saturated carbocycles. The smallest absolute Gasteiger partial charge is 0.251 e. The lowest BCUT2D eigenvalue weighted by Gasteiger charge is -2.34. The lowest BCUT2D eigenvalue weighted by Crippen LogP contribution is -3.13. The Balaban J connectivity index is 1.41. The highest BCUT2D eigenvalue weighted by atomic mass is 16.3. The molecule has 0 atom stereocenters. The van der Waals surface area contributed by atoms with E-state index in [9.17, 15) is 0 Å². The number of hydrogen-bond donors (Lipinski definition) is 1. The number of aryl methyl sites for hydroxylation is 1. The van der Waals surface area contributed by atoms with Crippen molar-refractivity contribution in [2.45, 2.75) is 20.4 Å². The summed E-state index contributed by atoms with van der Waals surface area (Å²) < 4.78 is 5.87. The Morgan fingerprint density at radius 2 is 1.83 bits per heavy atom. The highest BCUT2D eigenvalue weighted by Crippen LogP contribution is 2.22. The van der Waals surface area contributed by atoms with E-state index in [0.717, 1.165) is 49.7 Å². The van der Waals surface area contributed by atoms with E-state index in [-0.39, 0.29) is 0 Å². The first-order valence-electron chi connectivity index (χ1n) is 8.70. The molecule has 24 heavy (non-hydrogen) atoms. The van der Waals surface area contributed by atoms with Crippen molar-refractivity contribution in [3.8, 4) is 0 Å². The second-order valence-corrected chi connectivity index (χ2v) is 6.71. The van der Waals surface area contributed by atoms with Crippen LogP contribution in [-0.2, 0) is 6.54 Å². The zero-order valence-corrected chi connectivity index (χ0v) is 14.4. The molecule has 0 aliphatic carbocycles. The predicted octanol–water partition coefficient (Wildman–Crippen LogP) is 2.35. The van der Waals surface area contributed by atoms with Crippen LogP contribution >= 0.6 is 0 Å². The second-order valence-electron chi connectivity index (χ2n) is 6.71. The van der Waals surface area contributed by atoms with Crippen molar-refractivity contribution in [3.05, 3.63) is 59.5 Å². The van der Waals surface area contributed by atoms with Crippen molar-refractivity contribution >= 4 is 16.8 Å². The number of benzene rings is 2. The highest BCUT2D eigenvalue weighted by Gasteiger charge is 2.23. The summed E-state index contributed by atoms with van der Waals surface area (Å²) in [6.07, 6.45) is 0. The van der Waals surface area contributed by atoms with E-state index in [1.165, 1.54) is 16.8 Å². The summed E-state index contributed by atoms with van der Waals surface area (Å²) in [5.74, 6) is 0.853. The van der Waals surface area contributed by atoms with Gasteiger partial charge in [-0.1, -0.05) is 24.3 Å². The lowest BCUT2D eigenvalue weighted by atomic mass is 10.1. The number of hydrogen-bond acceptors (Lipinski definition) is 3. The minimum atomic E-state index is 0.853. The molecule has 2 heterocycles. The monoisotopic (exact) mass is 322 g/mol. The van der Waals surface area contributed by atoms with Crippen LogP contribution in [0.15, 0.2) is 46.9 Å². The third kappa shape index (κ3) is 2.89. The van der Waals surface area contributed by atoms with Gasteiger partial charge in [0.15, 0.2) is 12.1 Å². The van der Waals surface area contributed by atoms with E-state index in [4.69, 9.17) is 4.42 Å². The molecule has 1 aliphatic heterocycles. The standard InChI is InChI=1S/C20H23N3O/c1-15-6-5-8-18(16(15)2)23-12-10-22(11-13-23)14-20-21-17-7-3-4-9-19(17)24-20/h3-9H,10-14H2,1-2H3/p+1. The lowest BCUT2D eigenvalue weighted by molar-refractivity contribution is -0.915. The van der Waals surface area contributed by atoms with Gasteiger partial charge in [0.1, 0.15) is 5.52 Å². The third-order valence-electron chi connectivity index (χ3n) is 5.13. The topological polar surface area (TPSA) is 33.7 Å².